The second kappa shape index (κ2) is 7.16. The Morgan fingerprint density at radius 2 is 2.22 bits per heavy atom. The van der Waals surface area contributed by atoms with E-state index in [1.54, 1.807) is 41.3 Å². The van der Waals surface area contributed by atoms with Gasteiger partial charge in [0.05, 0.1) is 11.6 Å². The summed E-state index contributed by atoms with van der Waals surface area (Å²) in [5, 5.41) is 17.4. The van der Waals surface area contributed by atoms with Gasteiger partial charge in [0.25, 0.3) is 0 Å². The van der Waals surface area contributed by atoms with Gasteiger partial charge < -0.3 is 10.4 Å². The van der Waals surface area contributed by atoms with Gasteiger partial charge >= 0.3 is 5.97 Å². The number of carbonyl (C=O) groups is 2. The fraction of sp³-hybridized carbons (Fsp3) is 0.250. The fourth-order valence-corrected chi connectivity index (χ4v) is 4.21. The summed E-state index contributed by atoms with van der Waals surface area (Å²) < 4.78 is 0. The molecule has 3 rings (SSSR count). The topological polar surface area (TPSA) is 78.4 Å². The molecule has 3 N–H and O–H groups in total. The number of amides is 1. The molecule has 2 atom stereocenters. The highest BCUT2D eigenvalue weighted by Gasteiger charge is 2.27. The third kappa shape index (κ3) is 4.13. The van der Waals surface area contributed by atoms with E-state index in [4.69, 9.17) is 5.11 Å². The number of carboxylic acid groups (broad SMARTS) is 1. The SMILES string of the molecule is O=C1CC(c2cccs2)NC(SCc2cccc(C(=O)O)c2)N1. The monoisotopic (exact) mass is 348 g/mol. The van der Waals surface area contributed by atoms with Crippen LogP contribution in [0.1, 0.15) is 33.3 Å². The minimum Gasteiger partial charge on any atom is -0.478 e. The molecule has 2 unspecified atom stereocenters. The summed E-state index contributed by atoms with van der Waals surface area (Å²) in [4.78, 5) is 24.0. The van der Waals surface area contributed by atoms with Gasteiger partial charge in [0.2, 0.25) is 5.91 Å². The number of rotatable bonds is 5. The molecule has 7 heteroatoms. The number of hydrogen-bond donors (Lipinski definition) is 3. The molecule has 1 aliphatic rings. The van der Waals surface area contributed by atoms with E-state index in [9.17, 15) is 9.59 Å². The van der Waals surface area contributed by atoms with Gasteiger partial charge in [0, 0.05) is 17.1 Å². The van der Waals surface area contributed by atoms with Crippen molar-refractivity contribution in [3.05, 3.63) is 57.8 Å². The van der Waals surface area contributed by atoms with Crippen molar-refractivity contribution in [3.8, 4) is 0 Å². The Morgan fingerprint density at radius 1 is 1.35 bits per heavy atom. The van der Waals surface area contributed by atoms with Crippen LogP contribution in [-0.4, -0.2) is 22.5 Å². The molecule has 0 aliphatic carbocycles. The maximum atomic E-state index is 11.9. The number of hydrogen-bond acceptors (Lipinski definition) is 5. The zero-order valence-corrected chi connectivity index (χ0v) is 13.8. The lowest BCUT2D eigenvalue weighted by molar-refractivity contribution is -0.123. The summed E-state index contributed by atoms with van der Waals surface area (Å²) >= 11 is 3.18. The van der Waals surface area contributed by atoms with Crippen molar-refractivity contribution in [1.82, 2.24) is 10.6 Å². The Morgan fingerprint density at radius 3 is 2.96 bits per heavy atom. The number of thiophene rings is 1. The molecule has 1 fully saturated rings. The molecule has 0 saturated carbocycles. The molecule has 1 amide bonds. The van der Waals surface area contributed by atoms with Gasteiger partial charge in [-0.15, -0.1) is 23.1 Å². The number of benzene rings is 1. The normalized spacial score (nSPS) is 21.0. The van der Waals surface area contributed by atoms with E-state index < -0.39 is 5.97 Å². The molecule has 1 aromatic heterocycles. The van der Waals surface area contributed by atoms with E-state index in [1.807, 2.05) is 23.6 Å². The predicted octanol–water partition coefficient (Wildman–Crippen LogP) is 2.81. The maximum absolute atomic E-state index is 11.9. The van der Waals surface area contributed by atoms with Gasteiger partial charge in [-0.2, -0.15) is 0 Å². The number of carboxylic acids is 1. The van der Waals surface area contributed by atoms with Crippen molar-refractivity contribution < 1.29 is 14.7 Å². The second-order valence-corrected chi connectivity index (χ2v) is 7.28. The highest BCUT2D eigenvalue weighted by Crippen LogP contribution is 2.27. The van der Waals surface area contributed by atoms with Crippen LogP contribution in [0.3, 0.4) is 0 Å². The molecule has 0 bridgehead atoms. The van der Waals surface area contributed by atoms with Crippen LogP contribution in [0.4, 0.5) is 0 Å². The Balaban J connectivity index is 1.62. The minimum atomic E-state index is -0.932. The summed E-state index contributed by atoms with van der Waals surface area (Å²) in [5.74, 6) is -0.284. The largest absolute Gasteiger partial charge is 0.478 e. The predicted molar refractivity (Wildman–Crippen MR) is 91.4 cm³/mol. The van der Waals surface area contributed by atoms with Crippen LogP contribution in [0.15, 0.2) is 41.8 Å². The standard InChI is InChI=1S/C16H16N2O3S2/c19-14-8-12(13-5-2-6-22-13)17-16(18-14)23-9-10-3-1-4-11(7-10)15(20)21/h1-7,12,16-17H,8-9H2,(H,18,19)(H,20,21). The molecule has 2 aromatic rings. The van der Waals surface area contributed by atoms with Crippen LogP contribution in [0, 0.1) is 0 Å². The average molecular weight is 348 g/mol. The highest BCUT2D eigenvalue weighted by molar-refractivity contribution is 7.99. The summed E-state index contributed by atoms with van der Waals surface area (Å²) in [6.07, 6.45) is 0.437. The Bertz CT molecular complexity index is 703. The van der Waals surface area contributed by atoms with Gasteiger partial charge in [0.1, 0.15) is 5.50 Å². The summed E-state index contributed by atoms with van der Waals surface area (Å²) in [5.41, 5.74) is 1.02. The van der Waals surface area contributed by atoms with E-state index >= 15 is 0 Å². The van der Waals surface area contributed by atoms with Crippen molar-refractivity contribution in [2.24, 2.45) is 0 Å². The van der Waals surface area contributed by atoms with E-state index in [2.05, 4.69) is 10.6 Å². The Kier molecular flexibility index (Phi) is 5.00. The van der Waals surface area contributed by atoms with Crippen molar-refractivity contribution in [2.45, 2.75) is 23.7 Å². The van der Waals surface area contributed by atoms with Gasteiger partial charge in [-0.3, -0.25) is 10.1 Å². The highest BCUT2D eigenvalue weighted by atomic mass is 32.2. The Labute approximate surface area is 142 Å². The van der Waals surface area contributed by atoms with Gasteiger partial charge in [-0.1, -0.05) is 18.2 Å². The summed E-state index contributed by atoms with van der Waals surface area (Å²) in [6, 6.07) is 10.9. The van der Waals surface area contributed by atoms with Crippen molar-refractivity contribution >= 4 is 35.0 Å². The first-order valence-corrected chi connectivity index (χ1v) is 9.07. The van der Waals surface area contributed by atoms with Crippen molar-refractivity contribution in [1.29, 1.82) is 0 Å². The zero-order valence-electron chi connectivity index (χ0n) is 12.2. The molecule has 1 saturated heterocycles. The van der Waals surface area contributed by atoms with E-state index in [0.29, 0.717) is 12.2 Å². The lowest BCUT2D eigenvalue weighted by atomic mass is 10.1. The van der Waals surface area contributed by atoms with Crippen LogP contribution >= 0.6 is 23.1 Å². The molecule has 0 radical (unpaired) electrons. The van der Waals surface area contributed by atoms with Gasteiger partial charge in [0.15, 0.2) is 0 Å². The molecule has 23 heavy (non-hydrogen) atoms. The first-order valence-electron chi connectivity index (χ1n) is 7.14. The Hall–Kier alpha value is -1.83. The first-order chi connectivity index (χ1) is 11.1. The minimum absolute atomic E-state index is 0.0268. The van der Waals surface area contributed by atoms with Crippen LogP contribution in [-0.2, 0) is 10.5 Å². The molecule has 1 aliphatic heterocycles. The number of aromatic carboxylic acids is 1. The maximum Gasteiger partial charge on any atom is 0.335 e. The molecule has 1 aromatic carbocycles. The molecular formula is C16H16N2O3S2. The van der Waals surface area contributed by atoms with Crippen LogP contribution < -0.4 is 10.6 Å². The summed E-state index contributed by atoms with van der Waals surface area (Å²) in [6.45, 7) is 0. The molecule has 5 nitrogen and oxygen atoms in total. The lowest BCUT2D eigenvalue weighted by Gasteiger charge is -2.30. The molecular weight excluding hydrogens is 332 g/mol. The van der Waals surface area contributed by atoms with E-state index in [1.165, 1.54) is 0 Å². The number of thioether (sulfide) groups is 1. The smallest absolute Gasteiger partial charge is 0.335 e. The van der Waals surface area contributed by atoms with Crippen molar-refractivity contribution in [3.63, 3.8) is 0 Å². The zero-order chi connectivity index (χ0) is 16.2. The second-order valence-electron chi connectivity index (χ2n) is 5.20. The van der Waals surface area contributed by atoms with E-state index in [-0.39, 0.29) is 23.0 Å². The van der Waals surface area contributed by atoms with E-state index in [0.717, 1.165) is 10.4 Å². The van der Waals surface area contributed by atoms with Crippen LogP contribution in [0.2, 0.25) is 0 Å². The summed E-state index contributed by atoms with van der Waals surface area (Å²) in [7, 11) is 0. The van der Waals surface area contributed by atoms with Gasteiger partial charge in [-0.05, 0) is 29.1 Å². The number of carbonyl (C=O) groups excluding carboxylic acids is 1. The van der Waals surface area contributed by atoms with Crippen molar-refractivity contribution in [2.75, 3.05) is 0 Å². The molecule has 120 valence electrons. The van der Waals surface area contributed by atoms with Crippen LogP contribution in [0.5, 0.6) is 0 Å². The quantitative estimate of drug-likeness (QED) is 0.774. The van der Waals surface area contributed by atoms with Crippen LogP contribution in [0.25, 0.3) is 0 Å². The lowest BCUT2D eigenvalue weighted by Crippen LogP contribution is -2.50. The molecule has 2 heterocycles. The number of nitrogens with one attached hydrogen (secondary N) is 2. The third-order valence-electron chi connectivity index (χ3n) is 3.51. The third-order valence-corrected chi connectivity index (χ3v) is 5.58. The average Bonchev–Trinajstić information content (AvgIpc) is 3.07. The molecule has 0 spiro atoms. The van der Waals surface area contributed by atoms with Gasteiger partial charge in [-0.25, -0.2) is 4.79 Å². The fourth-order valence-electron chi connectivity index (χ4n) is 2.41. The first kappa shape index (κ1) is 16.0.